The largest absolute Gasteiger partial charge is 0.393 e. The molecule has 0 aliphatic carbocycles. The van der Waals surface area contributed by atoms with E-state index in [2.05, 4.69) is 42.1 Å². The van der Waals surface area contributed by atoms with Crippen LogP contribution in [0, 0.1) is 0 Å². The Hall–Kier alpha value is -0.800. The fourth-order valence-corrected chi connectivity index (χ4v) is 1.82. The van der Waals surface area contributed by atoms with Crippen molar-refractivity contribution in [1.82, 2.24) is 9.88 Å². The predicted octanol–water partition coefficient (Wildman–Crippen LogP) is 2.32. The molecule has 1 rings (SSSR count). The summed E-state index contributed by atoms with van der Waals surface area (Å²) in [5.74, 6) is 0. The second-order valence-corrected chi connectivity index (χ2v) is 4.44. The summed E-state index contributed by atoms with van der Waals surface area (Å²) in [6.07, 6.45) is 3.82. The predicted molar refractivity (Wildman–Crippen MR) is 67.4 cm³/mol. The molecule has 16 heavy (non-hydrogen) atoms. The highest BCUT2D eigenvalue weighted by Crippen LogP contribution is 2.14. The first kappa shape index (κ1) is 13.3. The Labute approximate surface area is 98.5 Å². The fraction of sp³-hybridized carbons (Fsp3) is 0.692. The van der Waals surface area contributed by atoms with Gasteiger partial charge in [-0.1, -0.05) is 6.92 Å². The third-order valence-corrected chi connectivity index (χ3v) is 2.80. The van der Waals surface area contributed by atoms with Crippen molar-refractivity contribution in [2.45, 2.75) is 52.3 Å². The van der Waals surface area contributed by atoms with Crippen LogP contribution in [0.4, 0.5) is 0 Å². The van der Waals surface area contributed by atoms with Gasteiger partial charge in [-0.3, -0.25) is 0 Å². The number of aromatic nitrogens is 1. The molecular weight excluding hydrogens is 200 g/mol. The lowest BCUT2D eigenvalue weighted by Gasteiger charge is -2.17. The molecule has 0 saturated heterocycles. The molecule has 2 N–H and O–H groups in total. The monoisotopic (exact) mass is 224 g/mol. The number of aryl methyl sites for hydroxylation is 1. The summed E-state index contributed by atoms with van der Waals surface area (Å²) >= 11 is 0. The van der Waals surface area contributed by atoms with E-state index in [-0.39, 0.29) is 6.10 Å². The third-order valence-electron chi connectivity index (χ3n) is 2.80. The summed E-state index contributed by atoms with van der Waals surface area (Å²) in [5.41, 5.74) is 1.30. The molecule has 1 heterocycles. The second kappa shape index (κ2) is 6.71. The van der Waals surface area contributed by atoms with Crippen LogP contribution in [-0.2, 0) is 6.54 Å². The molecule has 2 unspecified atom stereocenters. The van der Waals surface area contributed by atoms with E-state index in [0.29, 0.717) is 6.04 Å². The van der Waals surface area contributed by atoms with Crippen LogP contribution in [0.25, 0.3) is 0 Å². The van der Waals surface area contributed by atoms with E-state index in [4.69, 9.17) is 0 Å². The number of hydrogen-bond donors (Lipinski definition) is 2. The molecule has 0 bridgehead atoms. The zero-order valence-electron chi connectivity index (χ0n) is 10.6. The summed E-state index contributed by atoms with van der Waals surface area (Å²) in [5, 5.41) is 12.8. The first-order valence-corrected chi connectivity index (χ1v) is 6.21. The lowest BCUT2D eigenvalue weighted by Crippen LogP contribution is -2.22. The SMILES string of the molecule is CCCNC(C)c1cccn1CCC(C)O. The Morgan fingerprint density at radius 3 is 2.81 bits per heavy atom. The summed E-state index contributed by atoms with van der Waals surface area (Å²) in [4.78, 5) is 0. The quantitative estimate of drug-likeness (QED) is 0.746. The van der Waals surface area contributed by atoms with E-state index in [0.717, 1.165) is 25.9 Å². The number of hydrogen-bond acceptors (Lipinski definition) is 2. The maximum absolute atomic E-state index is 9.29. The van der Waals surface area contributed by atoms with Gasteiger partial charge in [0.05, 0.1) is 6.10 Å². The van der Waals surface area contributed by atoms with Crippen molar-refractivity contribution in [3.05, 3.63) is 24.0 Å². The molecule has 92 valence electrons. The summed E-state index contributed by atoms with van der Waals surface area (Å²) < 4.78 is 2.22. The van der Waals surface area contributed by atoms with E-state index < -0.39 is 0 Å². The summed E-state index contributed by atoms with van der Waals surface area (Å²) in [7, 11) is 0. The second-order valence-electron chi connectivity index (χ2n) is 4.44. The number of nitrogens with one attached hydrogen (secondary N) is 1. The van der Waals surface area contributed by atoms with Gasteiger partial charge in [0, 0.05) is 24.5 Å². The van der Waals surface area contributed by atoms with Crippen molar-refractivity contribution in [1.29, 1.82) is 0 Å². The summed E-state index contributed by atoms with van der Waals surface area (Å²) in [6, 6.07) is 4.60. The first-order chi connectivity index (χ1) is 7.65. The van der Waals surface area contributed by atoms with Gasteiger partial charge in [0.2, 0.25) is 0 Å². The first-order valence-electron chi connectivity index (χ1n) is 6.21. The molecule has 2 atom stereocenters. The smallest absolute Gasteiger partial charge is 0.0529 e. The van der Waals surface area contributed by atoms with Gasteiger partial charge in [0.1, 0.15) is 0 Å². The van der Waals surface area contributed by atoms with Gasteiger partial charge in [0.25, 0.3) is 0 Å². The molecule has 0 fully saturated rings. The number of nitrogens with zero attached hydrogens (tertiary/aromatic N) is 1. The van der Waals surface area contributed by atoms with Crippen LogP contribution in [0.1, 0.15) is 45.3 Å². The number of aliphatic hydroxyl groups is 1. The van der Waals surface area contributed by atoms with Gasteiger partial charge >= 0.3 is 0 Å². The Bertz CT molecular complexity index is 294. The topological polar surface area (TPSA) is 37.2 Å². The van der Waals surface area contributed by atoms with Crippen molar-refractivity contribution in [3.63, 3.8) is 0 Å². The molecule has 3 nitrogen and oxygen atoms in total. The van der Waals surface area contributed by atoms with Crippen LogP contribution < -0.4 is 5.32 Å². The molecule has 0 radical (unpaired) electrons. The average molecular weight is 224 g/mol. The minimum atomic E-state index is -0.228. The molecule has 1 aromatic heterocycles. The zero-order chi connectivity index (χ0) is 12.0. The van der Waals surface area contributed by atoms with E-state index in [1.165, 1.54) is 5.69 Å². The fourth-order valence-electron chi connectivity index (χ4n) is 1.82. The highest BCUT2D eigenvalue weighted by atomic mass is 16.3. The normalized spacial score (nSPS) is 15.0. The lowest BCUT2D eigenvalue weighted by atomic mass is 10.2. The highest BCUT2D eigenvalue weighted by molar-refractivity contribution is 5.11. The van der Waals surface area contributed by atoms with Crippen LogP contribution in [-0.4, -0.2) is 22.3 Å². The average Bonchev–Trinajstić information content (AvgIpc) is 2.71. The van der Waals surface area contributed by atoms with Crippen molar-refractivity contribution >= 4 is 0 Å². The van der Waals surface area contributed by atoms with E-state index in [1.807, 2.05) is 6.92 Å². The Morgan fingerprint density at radius 1 is 1.44 bits per heavy atom. The van der Waals surface area contributed by atoms with Gasteiger partial charge in [0.15, 0.2) is 0 Å². The number of rotatable bonds is 7. The third kappa shape index (κ3) is 3.99. The lowest BCUT2D eigenvalue weighted by molar-refractivity contribution is 0.177. The van der Waals surface area contributed by atoms with E-state index in [9.17, 15) is 5.11 Å². The molecule has 0 amide bonds. The number of aliphatic hydroxyl groups excluding tert-OH is 1. The zero-order valence-corrected chi connectivity index (χ0v) is 10.6. The molecule has 0 aromatic carbocycles. The van der Waals surface area contributed by atoms with Crippen molar-refractivity contribution < 1.29 is 5.11 Å². The maximum atomic E-state index is 9.29. The van der Waals surface area contributed by atoms with E-state index in [1.54, 1.807) is 0 Å². The van der Waals surface area contributed by atoms with Gasteiger partial charge in [-0.25, -0.2) is 0 Å². The van der Waals surface area contributed by atoms with Crippen molar-refractivity contribution in [3.8, 4) is 0 Å². The van der Waals surface area contributed by atoms with Gasteiger partial charge in [-0.15, -0.1) is 0 Å². The molecule has 0 aliphatic rings. The van der Waals surface area contributed by atoms with Crippen molar-refractivity contribution in [2.75, 3.05) is 6.54 Å². The van der Waals surface area contributed by atoms with E-state index >= 15 is 0 Å². The standard InChI is InChI=1S/C13H24N2O/c1-4-8-14-12(3)13-6-5-9-15(13)10-7-11(2)16/h5-6,9,11-12,14,16H,4,7-8,10H2,1-3H3. The van der Waals surface area contributed by atoms with Crippen LogP contribution in [0.2, 0.25) is 0 Å². The highest BCUT2D eigenvalue weighted by Gasteiger charge is 2.09. The molecular formula is C13H24N2O. The van der Waals surface area contributed by atoms with Crippen molar-refractivity contribution in [2.24, 2.45) is 0 Å². The maximum Gasteiger partial charge on any atom is 0.0529 e. The van der Waals surface area contributed by atoms with Gasteiger partial charge in [-0.05, 0) is 45.4 Å². The Kier molecular flexibility index (Phi) is 5.56. The summed E-state index contributed by atoms with van der Waals surface area (Å²) in [6.45, 7) is 8.12. The van der Waals surface area contributed by atoms with Crippen LogP contribution >= 0.6 is 0 Å². The van der Waals surface area contributed by atoms with Crippen LogP contribution in [0.3, 0.4) is 0 Å². The molecule has 0 aliphatic heterocycles. The van der Waals surface area contributed by atoms with Crippen LogP contribution in [0.5, 0.6) is 0 Å². The minimum absolute atomic E-state index is 0.228. The minimum Gasteiger partial charge on any atom is -0.393 e. The molecule has 0 spiro atoms. The van der Waals surface area contributed by atoms with Gasteiger partial charge in [-0.2, -0.15) is 0 Å². The molecule has 0 saturated carbocycles. The Balaban J connectivity index is 2.55. The van der Waals surface area contributed by atoms with Gasteiger partial charge < -0.3 is 15.0 Å². The molecule has 3 heteroatoms. The molecule has 1 aromatic rings. The Morgan fingerprint density at radius 2 is 2.19 bits per heavy atom. The van der Waals surface area contributed by atoms with Crippen LogP contribution in [0.15, 0.2) is 18.3 Å².